The molecule has 92 valence electrons. The number of nitrogens with one attached hydrogen (secondary N) is 1. The van der Waals surface area contributed by atoms with E-state index in [-0.39, 0.29) is 11.4 Å². The zero-order chi connectivity index (χ0) is 13.1. The number of nitro groups is 1. The van der Waals surface area contributed by atoms with Gasteiger partial charge in [0.25, 0.3) is 11.6 Å². The number of nitro benzene ring substituents is 1. The molecule has 1 aromatic carbocycles. The van der Waals surface area contributed by atoms with E-state index in [1.807, 2.05) is 0 Å². The smallest absolute Gasteiger partial charge is 0.292 e. The highest BCUT2D eigenvalue weighted by Gasteiger charge is 2.18. The fourth-order valence-corrected chi connectivity index (χ4v) is 1.36. The van der Waals surface area contributed by atoms with E-state index in [2.05, 4.69) is 5.32 Å². The summed E-state index contributed by atoms with van der Waals surface area (Å²) in [5.41, 5.74) is -0.613. The molecule has 2 rings (SSSR count). The van der Waals surface area contributed by atoms with Gasteiger partial charge in [-0.25, -0.2) is 4.39 Å². The Morgan fingerprint density at radius 2 is 2.17 bits per heavy atom. The van der Waals surface area contributed by atoms with Crippen LogP contribution in [0.5, 0.6) is 0 Å². The van der Waals surface area contributed by atoms with Crippen molar-refractivity contribution >= 4 is 17.3 Å². The third-order valence-electron chi connectivity index (χ3n) is 2.15. The largest absolute Gasteiger partial charge is 0.459 e. The summed E-state index contributed by atoms with van der Waals surface area (Å²) in [6.07, 6.45) is 1.29. The number of anilines is 1. The van der Waals surface area contributed by atoms with Crippen LogP contribution in [-0.4, -0.2) is 10.8 Å². The van der Waals surface area contributed by atoms with Crippen molar-refractivity contribution in [2.24, 2.45) is 0 Å². The molecule has 0 bridgehead atoms. The van der Waals surface area contributed by atoms with Crippen LogP contribution < -0.4 is 5.32 Å². The van der Waals surface area contributed by atoms with Crippen LogP contribution in [0.15, 0.2) is 41.0 Å². The van der Waals surface area contributed by atoms with Gasteiger partial charge in [0.2, 0.25) is 0 Å². The average Bonchev–Trinajstić information content (AvgIpc) is 2.81. The zero-order valence-electron chi connectivity index (χ0n) is 8.92. The summed E-state index contributed by atoms with van der Waals surface area (Å²) in [6, 6.07) is 5.68. The van der Waals surface area contributed by atoms with Gasteiger partial charge >= 0.3 is 0 Å². The van der Waals surface area contributed by atoms with E-state index in [0.717, 1.165) is 18.2 Å². The molecule has 1 heterocycles. The molecule has 7 heteroatoms. The highest BCUT2D eigenvalue weighted by atomic mass is 19.1. The Hall–Kier alpha value is -2.70. The molecule has 0 atom stereocenters. The predicted molar refractivity (Wildman–Crippen MR) is 59.7 cm³/mol. The third kappa shape index (κ3) is 2.34. The molecule has 0 radical (unpaired) electrons. The number of furan rings is 1. The Morgan fingerprint density at radius 3 is 2.78 bits per heavy atom. The molecule has 0 saturated heterocycles. The first-order valence-electron chi connectivity index (χ1n) is 4.87. The van der Waals surface area contributed by atoms with Crippen LogP contribution >= 0.6 is 0 Å². The molecule has 0 aliphatic rings. The molecule has 1 amide bonds. The van der Waals surface area contributed by atoms with E-state index >= 15 is 0 Å². The SMILES string of the molecule is O=C(Nc1cc(F)ccc1[N+](=O)[O-])c1ccco1. The van der Waals surface area contributed by atoms with Crippen molar-refractivity contribution < 1.29 is 18.5 Å². The van der Waals surface area contributed by atoms with Crippen LogP contribution in [0.4, 0.5) is 15.8 Å². The number of halogens is 1. The van der Waals surface area contributed by atoms with Crippen molar-refractivity contribution in [2.75, 3.05) is 5.32 Å². The van der Waals surface area contributed by atoms with Crippen LogP contribution in [0, 0.1) is 15.9 Å². The number of amides is 1. The zero-order valence-corrected chi connectivity index (χ0v) is 8.92. The minimum atomic E-state index is -0.711. The molecule has 0 aliphatic heterocycles. The maximum Gasteiger partial charge on any atom is 0.292 e. The lowest BCUT2D eigenvalue weighted by Crippen LogP contribution is -2.12. The minimum absolute atomic E-state index is 0.0199. The molecule has 18 heavy (non-hydrogen) atoms. The molecule has 6 nitrogen and oxygen atoms in total. The second-order valence-electron chi connectivity index (χ2n) is 3.35. The van der Waals surface area contributed by atoms with Crippen molar-refractivity contribution in [3.8, 4) is 0 Å². The number of rotatable bonds is 3. The second kappa shape index (κ2) is 4.66. The number of benzene rings is 1. The third-order valence-corrected chi connectivity index (χ3v) is 2.15. The maximum atomic E-state index is 13.0. The summed E-state index contributed by atoms with van der Waals surface area (Å²) in [4.78, 5) is 21.6. The second-order valence-corrected chi connectivity index (χ2v) is 3.35. The van der Waals surface area contributed by atoms with Crippen molar-refractivity contribution in [1.29, 1.82) is 0 Å². The molecular formula is C11H7FN2O4. The summed E-state index contributed by atoms with van der Waals surface area (Å²) >= 11 is 0. The first-order valence-corrected chi connectivity index (χ1v) is 4.87. The summed E-state index contributed by atoms with van der Waals surface area (Å²) in [7, 11) is 0. The quantitative estimate of drug-likeness (QED) is 0.670. The highest BCUT2D eigenvalue weighted by molar-refractivity contribution is 6.03. The Morgan fingerprint density at radius 1 is 1.39 bits per heavy atom. The van der Waals surface area contributed by atoms with E-state index in [1.165, 1.54) is 18.4 Å². The van der Waals surface area contributed by atoms with Gasteiger partial charge in [0.15, 0.2) is 5.76 Å². The van der Waals surface area contributed by atoms with Crippen LogP contribution in [0.2, 0.25) is 0 Å². The fraction of sp³-hybridized carbons (Fsp3) is 0. The highest BCUT2D eigenvalue weighted by Crippen LogP contribution is 2.25. The molecule has 0 saturated carbocycles. The van der Waals surface area contributed by atoms with Crippen molar-refractivity contribution in [1.82, 2.24) is 0 Å². The van der Waals surface area contributed by atoms with Gasteiger partial charge in [-0.3, -0.25) is 14.9 Å². The van der Waals surface area contributed by atoms with Gasteiger partial charge in [-0.15, -0.1) is 0 Å². The average molecular weight is 250 g/mol. The predicted octanol–water partition coefficient (Wildman–Crippen LogP) is 2.58. The van der Waals surface area contributed by atoms with Crippen LogP contribution in [0.1, 0.15) is 10.6 Å². The maximum absolute atomic E-state index is 13.0. The number of carbonyl (C=O) groups excluding carboxylic acids is 1. The Bertz CT molecular complexity index is 595. The first kappa shape index (κ1) is 11.8. The molecular weight excluding hydrogens is 243 g/mol. The molecule has 1 N–H and O–H groups in total. The van der Waals surface area contributed by atoms with E-state index in [1.54, 1.807) is 0 Å². The van der Waals surface area contributed by atoms with Gasteiger partial charge in [-0.1, -0.05) is 0 Å². The monoisotopic (exact) mass is 250 g/mol. The van der Waals surface area contributed by atoms with Crippen LogP contribution in [0.3, 0.4) is 0 Å². The van der Waals surface area contributed by atoms with Gasteiger partial charge in [0, 0.05) is 12.1 Å². The van der Waals surface area contributed by atoms with Gasteiger partial charge in [-0.2, -0.15) is 0 Å². The van der Waals surface area contributed by atoms with Gasteiger partial charge in [0.1, 0.15) is 11.5 Å². The molecule has 2 aromatic rings. The van der Waals surface area contributed by atoms with Gasteiger partial charge in [0.05, 0.1) is 11.2 Å². The van der Waals surface area contributed by atoms with E-state index in [0.29, 0.717) is 0 Å². The minimum Gasteiger partial charge on any atom is -0.459 e. The molecule has 0 unspecified atom stereocenters. The summed E-state index contributed by atoms with van der Waals surface area (Å²) in [5, 5.41) is 12.9. The lowest BCUT2D eigenvalue weighted by Gasteiger charge is -2.04. The number of nitrogens with zero attached hydrogens (tertiary/aromatic N) is 1. The molecule has 0 spiro atoms. The number of carbonyl (C=O) groups is 1. The van der Waals surface area contributed by atoms with E-state index in [4.69, 9.17) is 4.42 Å². The van der Waals surface area contributed by atoms with Gasteiger partial charge in [-0.05, 0) is 18.2 Å². The Labute approximate surface area is 100 Å². The van der Waals surface area contributed by atoms with Crippen LogP contribution in [0.25, 0.3) is 0 Å². The topological polar surface area (TPSA) is 85.4 Å². The summed E-state index contributed by atoms with van der Waals surface area (Å²) in [5.74, 6) is -1.39. The standard InChI is InChI=1S/C11H7FN2O4/c12-7-3-4-9(14(16)17)8(6-7)13-11(15)10-2-1-5-18-10/h1-6H,(H,13,15). The fourth-order valence-electron chi connectivity index (χ4n) is 1.36. The Balaban J connectivity index is 2.31. The van der Waals surface area contributed by atoms with E-state index < -0.39 is 22.3 Å². The van der Waals surface area contributed by atoms with Crippen molar-refractivity contribution in [3.63, 3.8) is 0 Å². The number of hydrogen-bond acceptors (Lipinski definition) is 4. The first-order chi connectivity index (χ1) is 8.58. The molecule has 1 aromatic heterocycles. The normalized spacial score (nSPS) is 10.1. The van der Waals surface area contributed by atoms with Gasteiger partial charge < -0.3 is 9.73 Å². The lowest BCUT2D eigenvalue weighted by molar-refractivity contribution is -0.384. The van der Waals surface area contributed by atoms with Crippen molar-refractivity contribution in [3.05, 3.63) is 58.3 Å². The molecule has 0 fully saturated rings. The van der Waals surface area contributed by atoms with Crippen molar-refractivity contribution in [2.45, 2.75) is 0 Å². The lowest BCUT2D eigenvalue weighted by atomic mass is 10.2. The van der Waals surface area contributed by atoms with Crippen LogP contribution in [-0.2, 0) is 0 Å². The Kier molecular flexibility index (Phi) is 3.05. The number of hydrogen-bond donors (Lipinski definition) is 1. The summed E-state index contributed by atoms with van der Waals surface area (Å²) < 4.78 is 17.8. The summed E-state index contributed by atoms with van der Waals surface area (Å²) in [6.45, 7) is 0. The van der Waals surface area contributed by atoms with E-state index in [9.17, 15) is 19.3 Å². The molecule has 0 aliphatic carbocycles.